The number of aliphatic hydroxyl groups is 5. The van der Waals surface area contributed by atoms with Crippen molar-refractivity contribution in [2.45, 2.75) is 189 Å². The number of ether oxygens (including phenoxy) is 7. The second-order valence-electron chi connectivity index (χ2n) is 17.8. The molecule has 5 fully saturated rings. The molecule has 7 aliphatic rings. The fourth-order valence-electron chi connectivity index (χ4n) is 10.0. The van der Waals surface area contributed by atoms with Crippen molar-refractivity contribution in [1.29, 1.82) is 0 Å². The third kappa shape index (κ3) is 7.46. The molecule has 4 aliphatic heterocycles. The van der Waals surface area contributed by atoms with E-state index in [9.17, 15) is 45.0 Å². The van der Waals surface area contributed by atoms with E-state index in [0.717, 1.165) is 0 Å². The van der Waals surface area contributed by atoms with Gasteiger partial charge in [0.15, 0.2) is 41.8 Å². The van der Waals surface area contributed by atoms with Crippen molar-refractivity contribution in [3.05, 3.63) is 52.1 Å². The van der Waals surface area contributed by atoms with Crippen LogP contribution in [0.15, 0.2) is 35.4 Å². The molecule has 0 aromatic heterocycles. The Hall–Kier alpha value is -2.97. The van der Waals surface area contributed by atoms with Crippen molar-refractivity contribution in [3.63, 3.8) is 0 Å². The molecule has 8 rings (SSSR count). The molecule has 1 saturated carbocycles. The first-order chi connectivity index (χ1) is 27.8. The lowest BCUT2D eigenvalue weighted by Gasteiger charge is -2.55. The van der Waals surface area contributed by atoms with Crippen LogP contribution in [0.5, 0.6) is 5.75 Å². The van der Waals surface area contributed by atoms with Gasteiger partial charge in [-0.05, 0) is 66.0 Å². The Morgan fingerprint density at radius 2 is 1.34 bits per heavy atom. The Morgan fingerprint density at radius 1 is 0.729 bits per heavy atom. The number of fused-ring (bicyclic) bond motifs is 3. The molecule has 0 radical (unpaired) electrons. The molecule has 4 saturated heterocycles. The van der Waals surface area contributed by atoms with Crippen LogP contribution < -0.4 is 0 Å². The van der Waals surface area contributed by atoms with E-state index in [1.165, 1.54) is 31.2 Å². The topological polar surface area (TPSA) is 237 Å². The number of carbonyl (C=O) groups excluding carboxylic acids is 3. The largest absolute Gasteiger partial charge is 0.507 e. The number of phenolic OH excluding ortho intramolecular Hbond substituents is 1. The van der Waals surface area contributed by atoms with Crippen molar-refractivity contribution in [1.82, 2.24) is 0 Å². The van der Waals surface area contributed by atoms with Crippen molar-refractivity contribution in [3.8, 4) is 5.75 Å². The minimum absolute atomic E-state index is 0.0606. The molecule has 0 unspecified atom stereocenters. The highest BCUT2D eigenvalue weighted by molar-refractivity contribution is 6.32. The number of allylic oxidation sites excluding steroid dienone is 2. The average molecular weight is 829 g/mol. The molecule has 4 heterocycles. The van der Waals surface area contributed by atoms with Crippen LogP contribution in [0.2, 0.25) is 0 Å². The third-order valence-corrected chi connectivity index (χ3v) is 13.3. The molecule has 324 valence electrons. The summed E-state index contributed by atoms with van der Waals surface area (Å²) in [6, 6.07) is 2.81. The molecule has 1 aromatic carbocycles. The molecule has 59 heavy (non-hydrogen) atoms. The standard InChI is InChI=1S/C43H56O16/c1-19-26(44)8-11-32(54-19)57-28-10-13-33(56-21(28)3)58-30-16-29(53-22(4)37(30)47)23-6-7-24-35(38(23)48)39(49)25-14-15-42(52)18-41(5,51)17-31(46)43(42,36(25)40(24)50)59-34-12-9-27(45)20(2)55-34/h6-7,14-15,19-22,26-30,32-34,37,44-45,47-48,51-52H,8-13,16-18H2,1-5H3/t19-,20-,21-,22-,26-,27+,28+,29-,30+,32+,33+,34+,37+,41-,42+,43+/m0/s1. The van der Waals surface area contributed by atoms with Gasteiger partial charge in [0.2, 0.25) is 0 Å². The summed E-state index contributed by atoms with van der Waals surface area (Å²) >= 11 is 0. The number of Topliss-reactive ketones (excluding diaryl/α,β-unsaturated/α-hetero) is 3. The van der Waals surface area contributed by atoms with E-state index in [2.05, 4.69) is 0 Å². The number of carbonyl (C=O) groups is 3. The first-order valence-electron chi connectivity index (χ1n) is 20.8. The Balaban J connectivity index is 1.03. The molecule has 0 bridgehead atoms. The predicted molar refractivity (Wildman–Crippen MR) is 203 cm³/mol. The van der Waals surface area contributed by atoms with Crippen molar-refractivity contribution in [2.24, 2.45) is 0 Å². The summed E-state index contributed by atoms with van der Waals surface area (Å²) < 4.78 is 42.9. The Bertz CT molecular complexity index is 1910. The Kier molecular flexibility index (Phi) is 11.4. The summed E-state index contributed by atoms with van der Waals surface area (Å²) in [5, 5.41) is 66.6. The zero-order valence-electron chi connectivity index (χ0n) is 33.9. The van der Waals surface area contributed by atoms with Gasteiger partial charge >= 0.3 is 0 Å². The molecule has 0 spiro atoms. The van der Waals surface area contributed by atoms with Gasteiger partial charge in [-0.15, -0.1) is 0 Å². The van der Waals surface area contributed by atoms with E-state index < -0.39 is 120 Å². The number of phenols is 1. The van der Waals surface area contributed by atoms with Gasteiger partial charge in [0.05, 0.1) is 71.7 Å². The average Bonchev–Trinajstić information content (AvgIpc) is 3.16. The molecular weight excluding hydrogens is 772 g/mol. The lowest BCUT2D eigenvalue weighted by molar-refractivity contribution is -0.299. The number of hydrogen-bond donors (Lipinski definition) is 6. The van der Waals surface area contributed by atoms with Crippen molar-refractivity contribution < 1.29 is 78.2 Å². The second kappa shape index (κ2) is 15.7. The van der Waals surface area contributed by atoms with Crippen LogP contribution in [-0.2, 0) is 38.0 Å². The quantitative estimate of drug-likeness (QED) is 0.232. The van der Waals surface area contributed by atoms with Gasteiger partial charge in [-0.2, -0.15) is 0 Å². The number of hydrogen-bond acceptors (Lipinski definition) is 16. The fourth-order valence-corrected chi connectivity index (χ4v) is 10.0. The van der Waals surface area contributed by atoms with Gasteiger partial charge in [0, 0.05) is 55.2 Å². The third-order valence-electron chi connectivity index (χ3n) is 13.3. The van der Waals surface area contributed by atoms with Crippen LogP contribution >= 0.6 is 0 Å². The minimum Gasteiger partial charge on any atom is -0.507 e. The van der Waals surface area contributed by atoms with Gasteiger partial charge in [0.25, 0.3) is 0 Å². The molecule has 0 amide bonds. The fraction of sp³-hybridized carbons (Fsp3) is 0.698. The maximum Gasteiger partial charge on any atom is 0.198 e. The molecule has 3 aliphatic carbocycles. The zero-order chi connectivity index (χ0) is 42.3. The highest BCUT2D eigenvalue weighted by Gasteiger charge is 2.69. The van der Waals surface area contributed by atoms with Crippen LogP contribution in [0.1, 0.15) is 125 Å². The summed E-state index contributed by atoms with van der Waals surface area (Å²) in [5.41, 5.74) is -7.45. The van der Waals surface area contributed by atoms with E-state index in [4.69, 9.17) is 33.2 Å². The molecule has 16 atom stereocenters. The molecule has 16 heteroatoms. The van der Waals surface area contributed by atoms with Gasteiger partial charge in [-0.1, -0.05) is 12.1 Å². The highest BCUT2D eigenvalue weighted by atomic mass is 16.7. The maximum absolute atomic E-state index is 14.7. The molecular formula is C43H56O16. The summed E-state index contributed by atoms with van der Waals surface area (Å²) in [7, 11) is 0. The monoisotopic (exact) mass is 828 g/mol. The lowest BCUT2D eigenvalue weighted by atomic mass is 9.57. The Labute approximate surface area is 342 Å². The molecule has 6 N–H and O–H groups in total. The number of rotatable bonds is 7. The SMILES string of the molecule is C[C@@H]1O[C@H](c2ccc3c(c2O)C(=O)C2=C(C3=O)[C@]3(O[C@@H]4CC[C@@H](O)[C@H](C)O4)C(=O)C[C@](C)(O)C[C@]3(O)C=C2)C[C@@H](O[C@@H]2CC[C@@H](O[C@@H]3CC[C@H](O)[C@H](C)O3)[C@H](C)O2)[C@@H]1O. The van der Waals surface area contributed by atoms with Crippen LogP contribution in [0.4, 0.5) is 0 Å². The summed E-state index contributed by atoms with van der Waals surface area (Å²) in [4.78, 5) is 43.5. The maximum atomic E-state index is 14.7. The van der Waals surface area contributed by atoms with Crippen molar-refractivity contribution >= 4 is 17.3 Å². The molecule has 16 nitrogen and oxygen atoms in total. The van der Waals surface area contributed by atoms with E-state index in [1.54, 1.807) is 13.8 Å². The number of ketones is 3. The van der Waals surface area contributed by atoms with E-state index in [0.29, 0.717) is 25.7 Å². The van der Waals surface area contributed by atoms with Crippen molar-refractivity contribution in [2.75, 3.05) is 0 Å². The van der Waals surface area contributed by atoms with Crippen LogP contribution in [0.25, 0.3) is 0 Å². The smallest absolute Gasteiger partial charge is 0.198 e. The summed E-state index contributed by atoms with van der Waals surface area (Å²) in [5.74, 6) is -2.98. The van der Waals surface area contributed by atoms with Gasteiger partial charge < -0.3 is 63.8 Å². The predicted octanol–water partition coefficient (Wildman–Crippen LogP) is 2.52. The van der Waals surface area contributed by atoms with Gasteiger partial charge in [0.1, 0.15) is 17.5 Å². The van der Waals surface area contributed by atoms with Crippen LogP contribution in [0, 0.1) is 0 Å². The summed E-state index contributed by atoms with van der Waals surface area (Å²) in [6.07, 6.45) is -4.70. The van der Waals surface area contributed by atoms with Gasteiger partial charge in [-0.25, -0.2) is 0 Å². The second-order valence-corrected chi connectivity index (χ2v) is 17.8. The first kappa shape index (κ1) is 42.7. The van der Waals surface area contributed by atoms with E-state index in [-0.39, 0.29) is 59.8 Å². The van der Waals surface area contributed by atoms with E-state index >= 15 is 0 Å². The van der Waals surface area contributed by atoms with Crippen LogP contribution in [-0.4, -0.2) is 139 Å². The molecule has 1 aromatic rings. The summed E-state index contributed by atoms with van der Waals surface area (Å²) in [6.45, 7) is 8.35. The minimum atomic E-state index is -2.45. The van der Waals surface area contributed by atoms with E-state index in [1.807, 2.05) is 13.8 Å². The lowest BCUT2D eigenvalue weighted by Crippen LogP contribution is -2.71. The number of aromatic hydroxyl groups is 1. The number of aliphatic hydroxyl groups excluding tert-OH is 3. The van der Waals surface area contributed by atoms with Gasteiger partial charge in [-0.3, -0.25) is 14.4 Å². The normalized spacial score (nSPS) is 45.2. The zero-order valence-corrected chi connectivity index (χ0v) is 33.9. The highest BCUT2D eigenvalue weighted by Crippen LogP contribution is 2.55. The Morgan fingerprint density at radius 3 is 2.00 bits per heavy atom. The first-order valence-corrected chi connectivity index (χ1v) is 20.8. The van der Waals surface area contributed by atoms with Crippen LogP contribution in [0.3, 0.4) is 0 Å². The number of benzene rings is 1.